The highest BCUT2D eigenvalue weighted by Crippen LogP contribution is 2.31. The second-order valence-electron chi connectivity index (χ2n) is 10.1. The standard InChI is InChI=1S/C26H35N5O3/c1-29(17-19-7-6-13-30-12-5-4-10-23(19)30)24(32)15-22-25(33)31(26(34)28-22)14-11-18-16-27-21-9-3-2-8-20(18)21/h2-3,8-9,16,19,22-23,27H,4-7,10-15,17H2,1H3,(H,28,34)/t19-,22-,23+/m0/s1. The first-order chi connectivity index (χ1) is 16.5. The van der Waals surface area contributed by atoms with E-state index in [9.17, 15) is 14.4 Å². The molecule has 5 rings (SSSR count). The molecule has 0 bridgehead atoms. The molecule has 0 aliphatic carbocycles. The average Bonchev–Trinajstić information content (AvgIpc) is 3.38. The maximum absolute atomic E-state index is 13.0. The Morgan fingerprint density at radius 2 is 1.94 bits per heavy atom. The van der Waals surface area contributed by atoms with E-state index in [1.165, 1.54) is 43.7 Å². The highest BCUT2D eigenvalue weighted by molar-refractivity contribution is 6.05. The number of carbonyl (C=O) groups excluding carboxylic acids is 3. The summed E-state index contributed by atoms with van der Waals surface area (Å²) >= 11 is 0. The van der Waals surface area contributed by atoms with Crippen molar-refractivity contribution in [2.45, 2.75) is 57.0 Å². The predicted molar refractivity (Wildman–Crippen MR) is 130 cm³/mol. The van der Waals surface area contributed by atoms with Crippen molar-refractivity contribution in [2.75, 3.05) is 33.2 Å². The Morgan fingerprint density at radius 3 is 2.82 bits per heavy atom. The molecule has 3 atom stereocenters. The van der Waals surface area contributed by atoms with Gasteiger partial charge in [0.05, 0.1) is 6.42 Å². The van der Waals surface area contributed by atoms with Crippen LogP contribution in [0.1, 0.15) is 44.1 Å². The quantitative estimate of drug-likeness (QED) is 0.616. The zero-order valence-corrected chi connectivity index (χ0v) is 20.0. The summed E-state index contributed by atoms with van der Waals surface area (Å²) in [5, 5.41) is 3.83. The molecule has 4 heterocycles. The third-order valence-corrected chi connectivity index (χ3v) is 7.93. The fourth-order valence-corrected chi connectivity index (χ4v) is 6.07. The summed E-state index contributed by atoms with van der Waals surface area (Å²) in [5.74, 6) is 0.109. The molecule has 0 radical (unpaired) electrons. The second-order valence-corrected chi connectivity index (χ2v) is 10.1. The summed E-state index contributed by atoms with van der Waals surface area (Å²) in [6.45, 7) is 3.37. The van der Waals surface area contributed by atoms with Crippen LogP contribution < -0.4 is 5.32 Å². The van der Waals surface area contributed by atoms with E-state index in [1.807, 2.05) is 37.5 Å². The minimum Gasteiger partial charge on any atom is -0.361 e. The van der Waals surface area contributed by atoms with Crippen LogP contribution in [0.4, 0.5) is 4.79 Å². The second kappa shape index (κ2) is 9.78. The summed E-state index contributed by atoms with van der Waals surface area (Å²) in [6.07, 6.45) is 8.62. The van der Waals surface area contributed by atoms with Crippen LogP contribution >= 0.6 is 0 Å². The van der Waals surface area contributed by atoms with Gasteiger partial charge in [-0.1, -0.05) is 24.6 Å². The monoisotopic (exact) mass is 465 g/mol. The number of benzene rings is 1. The molecule has 0 saturated carbocycles. The van der Waals surface area contributed by atoms with Crippen molar-refractivity contribution in [3.63, 3.8) is 0 Å². The SMILES string of the molecule is CN(C[C@@H]1CCCN2CCCC[C@H]12)C(=O)C[C@@H]1NC(=O)N(CCc2c[nH]c3ccccc23)C1=O. The molecular weight excluding hydrogens is 430 g/mol. The van der Waals surface area contributed by atoms with Crippen molar-refractivity contribution in [3.8, 4) is 0 Å². The van der Waals surface area contributed by atoms with Gasteiger partial charge in [0.25, 0.3) is 5.91 Å². The van der Waals surface area contributed by atoms with Crippen molar-refractivity contribution in [1.82, 2.24) is 25.0 Å². The lowest BCUT2D eigenvalue weighted by Crippen LogP contribution is -2.51. The first-order valence-corrected chi connectivity index (χ1v) is 12.7. The molecule has 2 N–H and O–H groups in total. The van der Waals surface area contributed by atoms with Gasteiger partial charge in [-0.15, -0.1) is 0 Å². The number of amides is 4. The van der Waals surface area contributed by atoms with Crippen molar-refractivity contribution < 1.29 is 14.4 Å². The van der Waals surface area contributed by atoms with Gasteiger partial charge >= 0.3 is 6.03 Å². The smallest absolute Gasteiger partial charge is 0.324 e. The van der Waals surface area contributed by atoms with E-state index in [0.29, 0.717) is 24.9 Å². The number of imide groups is 1. The molecule has 2 aromatic rings. The van der Waals surface area contributed by atoms with Crippen LogP contribution in [0.2, 0.25) is 0 Å². The lowest BCUT2D eigenvalue weighted by Gasteiger charge is -2.45. The molecule has 3 aliphatic rings. The number of piperidine rings is 2. The van der Waals surface area contributed by atoms with Gasteiger partial charge in [0.1, 0.15) is 6.04 Å². The lowest BCUT2D eigenvalue weighted by atomic mass is 9.83. The van der Waals surface area contributed by atoms with Gasteiger partial charge in [0, 0.05) is 43.3 Å². The van der Waals surface area contributed by atoms with Crippen molar-refractivity contribution >= 4 is 28.7 Å². The molecule has 1 aromatic carbocycles. The van der Waals surface area contributed by atoms with Crippen LogP contribution in [0.25, 0.3) is 10.9 Å². The van der Waals surface area contributed by atoms with Crippen molar-refractivity contribution in [2.24, 2.45) is 5.92 Å². The Bertz CT molecular complexity index is 1060. The summed E-state index contributed by atoms with van der Waals surface area (Å²) in [4.78, 5) is 47.3. The number of urea groups is 1. The molecule has 34 heavy (non-hydrogen) atoms. The number of fused-ring (bicyclic) bond motifs is 2. The zero-order chi connectivity index (χ0) is 23.7. The molecule has 1 aromatic heterocycles. The minimum absolute atomic E-state index is 0.0196. The van der Waals surface area contributed by atoms with E-state index in [0.717, 1.165) is 29.4 Å². The first-order valence-electron chi connectivity index (χ1n) is 12.7. The lowest BCUT2D eigenvalue weighted by molar-refractivity contribution is -0.135. The Labute approximate surface area is 200 Å². The van der Waals surface area contributed by atoms with E-state index in [2.05, 4.69) is 15.2 Å². The van der Waals surface area contributed by atoms with Crippen molar-refractivity contribution in [3.05, 3.63) is 36.0 Å². The van der Waals surface area contributed by atoms with Gasteiger partial charge in [0.2, 0.25) is 5.91 Å². The largest absolute Gasteiger partial charge is 0.361 e. The molecule has 4 amide bonds. The van der Waals surface area contributed by atoms with Crippen LogP contribution in [0.3, 0.4) is 0 Å². The molecule has 3 saturated heterocycles. The van der Waals surface area contributed by atoms with Crippen LogP contribution in [0.15, 0.2) is 30.5 Å². The first kappa shape index (κ1) is 22.9. The van der Waals surface area contributed by atoms with E-state index < -0.39 is 12.1 Å². The van der Waals surface area contributed by atoms with Crippen LogP contribution in [0.5, 0.6) is 0 Å². The molecule has 0 unspecified atom stereocenters. The maximum Gasteiger partial charge on any atom is 0.324 e. The Balaban J connectivity index is 1.15. The summed E-state index contributed by atoms with van der Waals surface area (Å²) < 4.78 is 0. The zero-order valence-electron chi connectivity index (χ0n) is 20.0. The van der Waals surface area contributed by atoms with E-state index in [1.54, 1.807) is 4.90 Å². The fraction of sp³-hybridized carbons (Fsp3) is 0.577. The van der Waals surface area contributed by atoms with Crippen molar-refractivity contribution in [1.29, 1.82) is 0 Å². The minimum atomic E-state index is -0.775. The number of aromatic nitrogens is 1. The number of carbonyl (C=O) groups is 3. The number of para-hydroxylation sites is 1. The van der Waals surface area contributed by atoms with Gasteiger partial charge < -0.3 is 20.1 Å². The van der Waals surface area contributed by atoms with E-state index >= 15 is 0 Å². The number of nitrogens with one attached hydrogen (secondary N) is 2. The predicted octanol–water partition coefficient (Wildman–Crippen LogP) is 2.74. The Hall–Kier alpha value is -2.87. The summed E-state index contributed by atoms with van der Waals surface area (Å²) in [7, 11) is 1.83. The van der Waals surface area contributed by atoms with Gasteiger partial charge in [-0.3, -0.25) is 14.5 Å². The molecule has 8 heteroatoms. The molecule has 182 valence electrons. The Morgan fingerprint density at radius 1 is 1.12 bits per heavy atom. The third kappa shape index (κ3) is 4.56. The normalized spacial score (nSPS) is 25.4. The number of nitrogens with zero attached hydrogens (tertiary/aromatic N) is 3. The number of hydrogen-bond donors (Lipinski definition) is 2. The number of hydrogen-bond acceptors (Lipinski definition) is 4. The third-order valence-electron chi connectivity index (χ3n) is 7.93. The number of rotatable bonds is 7. The number of H-pyrrole nitrogens is 1. The van der Waals surface area contributed by atoms with Gasteiger partial charge in [-0.2, -0.15) is 0 Å². The molecule has 0 spiro atoms. The fourth-order valence-electron chi connectivity index (χ4n) is 6.07. The highest BCUT2D eigenvalue weighted by Gasteiger charge is 2.40. The van der Waals surface area contributed by atoms with Crippen LogP contribution in [-0.4, -0.2) is 82.8 Å². The van der Waals surface area contributed by atoms with Crippen LogP contribution in [0, 0.1) is 5.92 Å². The van der Waals surface area contributed by atoms with E-state index in [-0.39, 0.29) is 18.2 Å². The maximum atomic E-state index is 13.0. The Kier molecular flexibility index (Phi) is 6.59. The average molecular weight is 466 g/mol. The topological polar surface area (TPSA) is 88.8 Å². The van der Waals surface area contributed by atoms with Crippen LogP contribution in [-0.2, 0) is 16.0 Å². The summed E-state index contributed by atoms with van der Waals surface area (Å²) in [6, 6.07) is 7.37. The molecule has 8 nitrogen and oxygen atoms in total. The highest BCUT2D eigenvalue weighted by atomic mass is 16.2. The van der Waals surface area contributed by atoms with E-state index in [4.69, 9.17) is 0 Å². The molecular formula is C26H35N5O3. The number of aromatic amines is 1. The summed E-state index contributed by atoms with van der Waals surface area (Å²) in [5.41, 5.74) is 2.11. The van der Waals surface area contributed by atoms with Gasteiger partial charge in [0.15, 0.2) is 0 Å². The van der Waals surface area contributed by atoms with Gasteiger partial charge in [-0.05, 0) is 62.7 Å². The molecule has 3 aliphatic heterocycles. The van der Waals surface area contributed by atoms with Gasteiger partial charge in [-0.25, -0.2) is 4.79 Å². The molecule has 3 fully saturated rings.